The van der Waals surface area contributed by atoms with Crippen molar-refractivity contribution < 1.29 is 0 Å². The summed E-state index contributed by atoms with van der Waals surface area (Å²) in [7, 11) is 0. The Morgan fingerprint density at radius 3 is 2.39 bits per heavy atom. The molecule has 0 spiro atoms. The zero-order chi connectivity index (χ0) is 21.2. The second-order valence-electron chi connectivity index (χ2n) is 8.72. The van der Waals surface area contributed by atoms with E-state index in [0.717, 1.165) is 38.5 Å². The van der Waals surface area contributed by atoms with Crippen LogP contribution in [0, 0.1) is 6.92 Å². The van der Waals surface area contributed by atoms with Crippen molar-refractivity contribution in [2.75, 3.05) is 0 Å². The Morgan fingerprint density at radius 1 is 0.871 bits per heavy atom. The number of fused-ring (bicyclic) bond motifs is 2. The Bertz CT molecular complexity index is 1230. The van der Waals surface area contributed by atoms with Crippen molar-refractivity contribution in [2.45, 2.75) is 57.9 Å². The molecular formula is C27H28ClN3. The van der Waals surface area contributed by atoms with Crippen molar-refractivity contribution in [3.8, 4) is 17.1 Å². The van der Waals surface area contributed by atoms with Gasteiger partial charge in [0.25, 0.3) is 0 Å². The molecule has 0 saturated heterocycles. The van der Waals surface area contributed by atoms with Crippen LogP contribution in [0.25, 0.3) is 28.1 Å². The summed E-state index contributed by atoms with van der Waals surface area (Å²) in [5, 5.41) is 1.79. The van der Waals surface area contributed by atoms with Crippen molar-refractivity contribution in [1.82, 2.24) is 9.55 Å². The van der Waals surface area contributed by atoms with Gasteiger partial charge in [-0.05, 0) is 79.9 Å². The number of halogens is 1. The van der Waals surface area contributed by atoms with Crippen LogP contribution in [0.5, 0.6) is 0 Å². The van der Waals surface area contributed by atoms with Gasteiger partial charge in [-0.25, -0.2) is 4.98 Å². The minimum atomic E-state index is 0.429. The summed E-state index contributed by atoms with van der Waals surface area (Å²) < 4.78 is 2.28. The standard InChI is InChI=1S/C27H28ClN3/c1-19-9-16-26-25(17-19)30-24-15-12-22(29-21-7-5-3-2-4-6-8-21)18-27(24)31(26)23-13-10-20(28)11-14-23/h9-18,21H,2-8H2,1H3. The maximum Gasteiger partial charge on any atom is 0.0881 e. The first kappa shape index (κ1) is 20.3. The molecule has 1 fully saturated rings. The van der Waals surface area contributed by atoms with Crippen molar-refractivity contribution in [1.29, 1.82) is 0 Å². The minimum absolute atomic E-state index is 0.429. The fourth-order valence-corrected chi connectivity index (χ4v) is 4.81. The van der Waals surface area contributed by atoms with Crippen LogP contribution < -0.4 is 5.36 Å². The Balaban J connectivity index is 1.70. The fraction of sp³-hybridized carbons (Fsp3) is 0.333. The summed E-state index contributed by atoms with van der Waals surface area (Å²) in [6, 6.07) is 21.3. The molecule has 2 aliphatic carbocycles. The quantitative estimate of drug-likeness (QED) is 0.312. The molecule has 158 valence electrons. The van der Waals surface area contributed by atoms with E-state index in [4.69, 9.17) is 21.6 Å². The molecular weight excluding hydrogens is 402 g/mol. The second kappa shape index (κ2) is 8.84. The van der Waals surface area contributed by atoms with E-state index in [1.807, 2.05) is 12.1 Å². The number of nitrogens with zero attached hydrogens (tertiary/aromatic N) is 3. The van der Waals surface area contributed by atoms with Gasteiger partial charge in [0.1, 0.15) is 0 Å². The Labute approximate surface area is 188 Å². The molecule has 0 amide bonds. The summed E-state index contributed by atoms with van der Waals surface area (Å²) in [5.41, 5.74) is 6.41. The Morgan fingerprint density at radius 2 is 1.61 bits per heavy atom. The zero-order valence-corrected chi connectivity index (χ0v) is 18.8. The molecule has 2 aromatic rings. The van der Waals surface area contributed by atoms with Gasteiger partial charge in [-0.1, -0.05) is 49.8 Å². The third-order valence-electron chi connectivity index (χ3n) is 6.30. The number of aryl methyl sites for hydroxylation is 1. The molecule has 0 bridgehead atoms. The summed E-state index contributed by atoms with van der Waals surface area (Å²) >= 11 is 6.18. The monoisotopic (exact) mass is 429 g/mol. The van der Waals surface area contributed by atoms with Gasteiger partial charge in [0.15, 0.2) is 0 Å². The largest absolute Gasteiger partial charge is 0.306 e. The molecule has 1 aliphatic heterocycles. The van der Waals surface area contributed by atoms with Gasteiger partial charge in [-0.15, -0.1) is 0 Å². The average Bonchev–Trinajstić information content (AvgIpc) is 2.75. The highest BCUT2D eigenvalue weighted by Gasteiger charge is 2.15. The number of rotatable bonds is 2. The number of hydrogen-bond acceptors (Lipinski definition) is 2. The van der Waals surface area contributed by atoms with Crippen LogP contribution in [0.3, 0.4) is 0 Å². The summed E-state index contributed by atoms with van der Waals surface area (Å²) in [6.45, 7) is 2.11. The number of benzene rings is 3. The van der Waals surface area contributed by atoms with Crippen LogP contribution in [0.2, 0.25) is 5.02 Å². The van der Waals surface area contributed by atoms with Crippen molar-refractivity contribution >= 4 is 22.6 Å². The molecule has 4 heteroatoms. The van der Waals surface area contributed by atoms with Gasteiger partial charge in [0.2, 0.25) is 0 Å². The fourth-order valence-electron chi connectivity index (χ4n) is 4.68. The summed E-state index contributed by atoms with van der Waals surface area (Å²) in [6.07, 6.45) is 9.04. The van der Waals surface area contributed by atoms with E-state index in [9.17, 15) is 0 Å². The van der Waals surface area contributed by atoms with Crippen LogP contribution in [-0.2, 0) is 0 Å². The van der Waals surface area contributed by atoms with Crippen molar-refractivity contribution in [3.05, 3.63) is 76.6 Å². The van der Waals surface area contributed by atoms with E-state index in [2.05, 4.69) is 60.0 Å². The topological polar surface area (TPSA) is 30.2 Å². The first-order valence-electron chi connectivity index (χ1n) is 11.4. The average molecular weight is 430 g/mol. The molecule has 1 heterocycles. The normalized spacial score (nSPS) is 16.5. The molecule has 0 radical (unpaired) electrons. The number of aromatic nitrogens is 2. The predicted molar refractivity (Wildman–Crippen MR) is 129 cm³/mol. The first-order valence-corrected chi connectivity index (χ1v) is 11.8. The van der Waals surface area contributed by atoms with E-state index >= 15 is 0 Å². The second-order valence-corrected chi connectivity index (χ2v) is 9.15. The van der Waals surface area contributed by atoms with E-state index < -0.39 is 0 Å². The van der Waals surface area contributed by atoms with Crippen LogP contribution in [-0.4, -0.2) is 15.6 Å². The van der Waals surface area contributed by atoms with Gasteiger partial charge >= 0.3 is 0 Å². The Hall–Kier alpha value is -2.65. The van der Waals surface area contributed by atoms with Gasteiger partial charge < -0.3 is 4.57 Å². The molecule has 0 unspecified atom stereocenters. The van der Waals surface area contributed by atoms with Crippen LogP contribution in [0.4, 0.5) is 0 Å². The maximum atomic E-state index is 6.18. The predicted octanol–water partition coefficient (Wildman–Crippen LogP) is 7.11. The molecule has 0 aromatic heterocycles. The van der Waals surface area contributed by atoms with E-state index in [-0.39, 0.29) is 0 Å². The van der Waals surface area contributed by atoms with Crippen LogP contribution in [0.15, 0.2) is 65.7 Å². The first-order chi connectivity index (χ1) is 15.2. The van der Waals surface area contributed by atoms with E-state index in [1.165, 1.54) is 50.5 Å². The van der Waals surface area contributed by atoms with Crippen molar-refractivity contribution in [3.63, 3.8) is 0 Å². The van der Waals surface area contributed by atoms with E-state index in [0.29, 0.717) is 6.04 Å². The van der Waals surface area contributed by atoms with Gasteiger partial charge in [0, 0.05) is 10.7 Å². The highest BCUT2D eigenvalue weighted by molar-refractivity contribution is 6.30. The molecule has 5 rings (SSSR count). The molecule has 1 saturated carbocycles. The van der Waals surface area contributed by atoms with Gasteiger partial charge in [-0.3, -0.25) is 4.99 Å². The van der Waals surface area contributed by atoms with Gasteiger partial charge in [-0.2, -0.15) is 0 Å². The minimum Gasteiger partial charge on any atom is -0.306 e. The maximum absolute atomic E-state index is 6.18. The van der Waals surface area contributed by atoms with Crippen molar-refractivity contribution in [2.24, 2.45) is 4.99 Å². The zero-order valence-electron chi connectivity index (χ0n) is 18.0. The smallest absolute Gasteiger partial charge is 0.0881 e. The van der Waals surface area contributed by atoms with Crippen LogP contribution in [0.1, 0.15) is 50.5 Å². The molecule has 3 nitrogen and oxygen atoms in total. The highest BCUT2D eigenvalue weighted by atomic mass is 35.5. The SMILES string of the molecule is Cc1ccc2c(c1)nc1ccc(=NC3CCCCCCC3)cc-1n2-c1ccc(Cl)cc1. The summed E-state index contributed by atoms with van der Waals surface area (Å²) in [5.74, 6) is 0. The lowest BCUT2D eigenvalue weighted by Gasteiger charge is -2.20. The molecule has 3 aliphatic rings. The lowest BCUT2D eigenvalue weighted by Crippen LogP contribution is -2.15. The third-order valence-corrected chi connectivity index (χ3v) is 6.56. The molecule has 2 aromatic carbocycles. The third kappa shape index (κ3) is 4.38. The Kier molecular flexibility index (Phi) is 5.78. The lowest BCUT2D eigenvalue weighted by molar-refractivity contribution is 0.450. The highest BCUT2D eigenvalue weighted by Crippen LogP contribution is 2.29. The van der Waals surface area contributed by atoms with Gasteiger partial charge in [0.05, 0.1) is 33.8 Å². The van der Waals surface area contributed by atoms with E-state index in [1.54, 1.807) is 0 Å². The number of hydrogen-bond donors (Lipinski definition) is 0. The van der Waals surface area contributed by atoms with Crippen LogP contribution >= 0.6 is 11.6 Å². The molecule has 0 atom stereocenters. The summed E-state index contributed by atoms with van der Waals surface area (Å²) in [4.78, 5) is 10.1. The molecule has 31 heavy (non-hydrogen) atoms. The molecule has 0 N–H and O–H groups in total. The lowest BCUT2D eigenvalue weighted by atomic mass is 9.97.